The molecule has 15 heteroatoms. The fourth-order valence-electron chi connectivity index (χ4n) is 6.30. The number of carboxylic acids is 1. The maximum atomic E-state index is 13.8. The summed E-state index contributed by atoms with van der Waals surface area (Å²) in [6.07, 6.45) is 3.24. The van der Waals surface area contributed by atoms with Crippen LogP contribution in [0.1, 0.15) is 90.1 Å². The molecule has 0 heterocycles. The molecule has 0 spiro atoms. The number of halogens is 1. The predicted octanol–water partition coefficient (Wildman–Crippen LogP) is 6.12. The summed E-state index contributed by atoms with van der Waals surface area (Å²) >= 11 is 3.19. The number of methoxy groups -OCH3 is 2. The van der Waals surface area contributed by atoms with Crippen molar-refractivity contribution in [3.8, 4) is 34.5 Å². The minimum Gasteiger partial charge on any atom is -0.507 e. The molecule has 0 saturated heterocycles. The molecule has 1 atom stereocenters. The first-order chi connectivity index (χ1) is 25.3. The van der Waals surface area contributed by atoms with Crippen molar-refractivity contribution < 1.29 is 68.1 Å². The van der Waals surface area contributed by atoms with Crippen molar-refractivity contribution in [2.45, 2.75) is 65.9 Å². The highest BCUT2D eigenvalue weighted by Crippen LogP contribution is 2.51. The van der Waals surface area contributed by atoms with Crippen LogP contribution in [0.15, 0.2) is 40.1 Å². The molecule has 1 saturated carbocycles. The van der Waals surface area contributed by atoms with Gasteiger partial charge in [0.15, 0.2) is 11.5 Å². The maximum Gasteiger partial charge on any atom is 0.356 e. The Balaban J connectivity index is 1.48. The third-order valence-corrected chi connectivity index (χ3v) is 10.5. The zero-order valence-corrected chi connectivity index (χ0v) is 32.1. The lowest BCUT2D eigenvalue weighted by atomic mass is 9.87. The zero-order chi connectivity index (χ0) is 40.1. The van der Waals surface area contributed by atoms with Gasteiger partial charge in [-0.1, -0.05) is 0 Å². The largest absolute Gasteiger partial charge is 0.507 e. The van der Waals surface area contributed by atoms with E-state index in [1.165, 1.54) is 54.0 Å². The summed E-state index contributed by atoms with van der Waals surface area (Å²) in [6, 6.07) is 2.67. The van der Waals surface area contributed by atoms with Gasteiger partial charge in [-0.15, -0.1) is 0 Å². The Morgan fingerprint density at radius 3 is 1.91 bits per heavy atom. The number of phenols is 2. The number of carbonyl (C=O) groups is 5. The van der Waals surface area contributed by atoms with E-state index >= 15 is 0 Å². The summed E-state index contributed by atoms with van der Waals surface area (Å²) in [5.41, 5.74) is -1.69. The number of aryl methyl sites for hydroxylation is 1. The molecule has 3 aromatic carbocycles. The number of ether oxygens (including phenoxy) is 5. The lowest BCUT2D eigenvalue weighted by Crippen LogP contribution is -2.47. The average molecular weight is 810 g/mol. The van der Waals surface area contributed by atoms with E-state index in [2.05, 4.69) is 15.9 Å². The molecule has 14 nitrogen and oxygen atoms in total. The first kappa shape index (κ1) is 39.5. The molecule has 0 unspecified atom stereocenters. The Kier molecular flexibility index (Phi) is 10.7. The number of carbonyl (C=O) groups excluding carboxylic acids is 4. The van der Waals surface area contributed by atoms with E-state index in [9.17, 15) is 44.4 Å². The monoisotopic (exact) mass is 808 g/mol. The summed E-state index contributed by atoms with van der Waals surface area (Å²) in [6.45, 7) is 8.96. The number of benzene rings is 3. The molecule has 284 valence electrons. The van der Waals surface area contributed by atoms with Gasteiger partial charge >= 0.3 is 23.9 Å². The van der Waals surface area contributed by atoms with Crippen LogP contribution in [-0.4, -0.2) is 69.9 Å². The van der Waals surface area contributed by atoms with Crippen LogP contribution in [0.5, 0.6) is 34.5 Å². The number of aliphatic hydroxyl groups is 1. The van der Waals surface area contributed by atoms with Gasteiger partial charge in [0.05, 0.1) is 14.2 Å². The highest BCUT2D eigenvalue weighted by atomic mass is 79.9. The van der Waals surface area contributed by atoms with Crippen LogP contribution in [0.3, 0.4) is 0 Å². The van der Waals surface area contributed by atoms with Gasteiger partial charge in [0, 0.05) is 17.7 Å². The highest BCUT2D eigenvalue weighted by Gasteiger charge is 2.48. The topological polar surface area (TPSA) is 212 Å². The van der Waals surface area contributed by atoms with Crippen molar-refractivity contribution >= 4 is 45.6 Å². The van der Waals surface area contributed by atoms with E-state index in [-0.39, 0.29) is 83.7 Å². The summed E-state index contributed by atoms with van der Waals surface area (Å²) < 4.78 is 27.1. The molecule has 1 fully saturated rings. The van der Waals surface area contributed by atoms with Crippen molar-refractivity contribution in [1.29, 1.82) is 0 Å². The molecule has 3 aromatic rings. The van der Waals surface area contributed by atoms with E-state index in [0.29, 0.717) is 24.0 Å². The van der Waals surface area contributed by atoms with Crippen LogP contribution in [0.4, 0.5) is 0 Å². The fourth-order valence-corrected chi connectivity index (χ4v) is 6.87. The van der Waals surface area contributed by atoms with E-state index in [1.807, 2.05) is 0 Å². The predicted molar refractivity (Wildman–Crippen MR) is 194 cm³/mol. The summed E-state index contributed by atoms with van der Waals surface area (Å²) in [7, 11) is 2.46. The molecule has 4 N–H and O–H groups in total. The lowest BCUT2D eigenvalue weighted by Gasteiger charge is -2.30. The van der Waals surface area contributed by atoms with Gasteiger partial charge < -0.3 is 44.1 Å². The molecule has 2 aliphatic carbocycles. The second kappa shape index (κ2) is 14.6. The van der Waals surface area contributed by atoms with Gasteiger partial charge in [-0.25, -0.2) is 19.2 Å². The number of hydrogen-bond donors (Lipinski definition) is 4. The standard InChI is InChI=1S/C39H37BrO14/c1-15-11-25(30(21-9-10-21)32(42)27(15)36(46)52-23-14-24(50-7)28(35(44)45)18(4)17(23)3)53-37(47)29-19(5)20(6)34(31(40)33(29)43)54-38(48)39(49)16(2)12-22(41)13-26(39)51-8/h11-14,21,42-43,49H,9-10H2,1-8H3,(H,44,45)/t39-/m1/s1. The number of rotatable bonds is 10. The molecule has 54 heavy (non-hydrogen) atoms. The first-order valence-corrected chi connectivity index (χ1v) is 17.3. The third kappa shape index (κ3) is 6.69. The number of carboxylic acid groups (broad SMARTS) is 1. The molecule has 0 radical (unpaired) electrons. The second-order valence-corrected chi connectivity index (χ2v) is 13.8. The van der Waals surface area contributed by atoms with Crippen molar-refractivity contribution in [3.63, 3.8) is 0 Å². The zero-order valence-electron chi connectivity index (χ0n) is 30.6. The smallest absolute Gasteiger partial charge is 0.356 e. The van der Waals surface area contributed by atoms with Crippen LogP contribution in [0, 0.1) is 34.6 Å². The molecular formula is C39H37BrO14. The lowest BCUT2D eigenvalue weighted by molar-refractivity contribution is -0.151. The number of allylic oxidation sites excluding steroid dienone is 2. The van der Waals surface area contributed by atoms with Crippen LogP contribution >= 0.6 is 15.9 Å². The fraction of sp³-hybridized carbons (Fsp3) is 0.308. The van der Waals surface area contributed by atoms with Gasteiger partial charge in [-0.05, 0) is 122 Å². The van der Waals surface area contributed by atoms with E-state index in [1.54, 1.807) is 13.8 Å². The molecule has 0 bridgehead atoms. The highest BCUT2D eigenvalue weighted by molar-refractivity contribution is 9.10. The number of hydrogen-bond acceptors (Lipinski definition) is 13. The van der Waals surface area contributed by atoms with Crippen molar-refractivity contribution in [3.05, 3.63) is 90.2 Å². The molecular weight excluding hydrogens is 772 g/mol. The van der Waals surface area contributed by atoms with Gasteiger partial charge in [0.1, 0.15) is 55.7 Å². The van der Waals surface area contributed by atoms with Gasteiger partial charge in [0.25, 0.3) is 0 Å². The number of ketones is 1. The van der Waals surface area contributed by atoms with Gasteiger partial charge in [0.2, 0.25) is 5.60 Å². The van der Waals surface area contributed by atoms with Gasteiger partial charge in [-0.2, -0.15) is 0 Å². The Morgan fingerprint density at radius 2 is 1.33 bits per heavy atom. The normalized spacial score (nSPS) is 16.6. The van der Waals surface area contributed by atoms with Gasteiger partial charge in [-0.3, -0.25) is 4.79 Å². The van der Waals surface area contributed by atoms with Crippen molar-refractivity contribution in [1.82, 2.24) is 0 Å². The third-order valence-electron chi connectivity index (χ3n) is 9.74. The quantitative estimate of drug-likeness (QED) is 0.134. The number of phenolic OH excluding ortho intramolecular Hbond substituents is 2. The average Bonchev–Trinajstić information content (AvgIpc) is 3.94. The molecule has 5 rings (SSSR count). The molecule has 2 aliphatic rings. The Morgan fingerprint density at radius 1 is 0.741 bits per heavy atom. The van der Waals surface area contributed by atoms with E-state index in [0.717, 1.165) is 12.2 Å². The number of esters is 3. The second-order valence-electron chi connectivity index (χ2n) is 13.0. The molecule has 0 amide bonds. The van der Waals surface area contributed by atoms with Crippen LogP contribution in [-0.2, 0) is 14.3 Å². The SMILES string of the molecule is COC1=CC(=O)C=C(C)[C@]1(O)C(=O)Oc1c(C)c(C)c(C(=O)Oc2cc(C)c(C(=O)Oc3cc(OC)c(C(=O)O)c(C)c3C)c(O)c2C2CC2)c(O)c1Br. The van der Waals surface area contributed by atoms with Crippen LogP contribution < -0.4 is 18.9 Å². The van der Waals surface area contributed by atoms with E-state index in [4.69, 9.17) is 23.7 Å². The summed E-state index contributed by atoms with van der Waals surface area (Å²) in [5.74, 6) is -6.99. The number of aromatic carboxylic acids is 1. The van der Waals surface area contributed by atoms with Crippen LogP contribution in [0.25, 0.3) is 0 Å². The van der Waals surface area contributed by atoms with Crippen LogP contribution in [0.2, 0.25) is 0 Å². The molecule has 0 aliphatic heterocycles. The number of aromatic hydroxyl groups is 2. The maximum absolute atomic E-state index is 13.8. The van der Waals surface area contributed by atoms with Crippen molar-refractivity contribution in [2.24, 2.45) is 0 Å². The van der Waals surface area contributed by atoms with E-state index < -0.39 is 46.8 Å². The Hall–Kier alpha value is -5.67. The minimum absolute atomic E-state index is 0.0212. The summed E-state index contributed by atoms with van der Waals surface area (Å²) in [5, 5.41) is 43.7. The Bertz CT molecular complexity index is 2220. The Labute approximate surface area is 317 Å². The minimum atomic E-state index is -2.46. The first-order valence-electron chi connectivity index (χ1n) is 16.5. The molecule has 0 aromatic heterocycles. The van der Waals surface area contributed by atoms with Crippen molar-refractivity contribution in [2.75, 3.05) is 14.2 Å². The summed E-state index contributed by atoms with van der Waals surface area (Å²) in [4.78, 5) is 64.6.